The van der Waals surface area contributed by atoms with Crippen LogP contribution in [0.4, 0.5) is 4.39 Å². The van der Waals surface area contributed by atoms with Crippen molar-refractivity contribution >= 4 is 28.5 Å². The fourth-order valence-electron chi connectivity index (χ4n) is 2.36. The average Bonchev–Trinajstić information content (AvgIpc) is 2.53. The molecule has 5 heteroatoms. The van der Waals surface area contributed by atoms with E-state index in [-0.39, 0.29) is 0 Å². The van der Waals surface area contributed by atoms with Gasteiger partial charge in [-0.25, -0.2) is 9.18 Å². The van der Waals surface area contributed by atoms with Crippen molar-refractivity contribution in [2.24, 2.45) is 0 Å². The van der Waals surface area contributed by atoms with Gasteiger partial charge in [0.25, 0.3) is 0 Å². The molecule has 0 spiro atoms. The quantitative estimate of drug-likeness (QED) is 0.654. The van der Waals surface area contributed by atoms with Crippen LogP contribution in [-0.2, 0) is 4.74 Å². The second-order valence-electron chi connectivity index (χ2n) is 4.68. The monoisotopic (exact) mass is 315 g/mol. The van der Waals surface area contributed by atoms with Crippen molar-refractivity contribution in [3.05, 3.63) is 65.1 Å². The van der Waals surface area contributed by atoms with Gasteiger partial charge in [0.15, 0.2) is 0 Å². The number of pyridine rings is 1. The Balaban J connectivity index is 2.32. The van der Waals surface area contributed by atoms with Gasteiger partial charge in [0.2, 0.25) is 0 Å². The standard InChI is InChI=1S/C17H11ClFNO2/c1-22-17(21)10-5-6-15-12(9-10)11(7-8-20-15)16-13(18)3-2-4-14(16)19/h2-9H,1H3. The number of hydrogen-bond donors (Lipinski definition) is 0. The Hall–Kier alpha value is -2.46. The van der Waals surface area contributed by atoms with Gasteiger partial charge in [-0.15, -0.1) is 0 Å². The number of fused-ring (bicyclic) bond motifs is 1. The third-order valence-electron chi connectivity index (χ3n) is 3.39. The molecule has 2 aromatic carbocycles. The fourth-order valence-corrected chi connectivity index (χ4v) is 2.63. The molecule has 0 N–H and O–H groups in total. The molecule has 0 radical (unpaired) electrons. The van der Waals surface area contributed by atoms with E-state index in [4.69, 9.17) is 16.3 Å². The smallest absolute Gasteiger partial charge is 0.337 e. The summed E-state index contributed by atoms with van der Waals surface area (Å²) in [4.78, 5) is 15.9. The van der Waals surface area contributed by atoms with E-state index in [1.54, 1.807) is 42.6 Å². The van der Waals surface area contributed by atoms with E-state index in [0.717, 1.165) is 0 Å². The molecule has 1 heterocycles. The Bertz CT molecular complexity index is 859. The molecular weight excluding hydrogens is 305 g/mol. The van der Waals surface area contributed by atoms with Crippen LogP contribution in [0.2, 0.25) is 5.02 Å². The van der Waals surface area contributed by atoms with E-state index in [2.05, 4.69) is 4.98 Å². The maximum atomic E-state index is 14.2. The van der Waals surface area contributed by atoms with E-state index >= 15 is 0 Å². The van der Waals surface area contributed by atoms with Gasteiger partial charge in [-0.3, -0.25) is 4.98 Å². The fraction of sp³-hybridized carbons (Fsp3) is 0.0588. The van der Waals surface area contributed by atoms with Crippen LogP contribution in [0, 0.1) is 5.82 Å². The summed E-state index contributed by atoms with van der Waals surface area (Å²) < 4.78 is 18.9. The Kier molecular flexibility index (Phi) is 3.77. The molecule has 0 atom stereocenters. The highest BCUT2D eigenvalue weighted by molar-refractivity contribution is 6.33. The first-order valence-electron chi connectivity index (χ1n) is 6.53. The van der Waals surface area contributed by atoms with Gasteiger partial charge in [-0.1, -0.05) is 17.7 Å². The normalized spacial score (nSPS) is 10.7. The molecule has 0 saturated carbocycles. The van der Waals surface area contributed by atoms with Crippen LogP contribution in [0.15, 0.2) is 48.7 Å². The Morgan fingerprint density at radius 1 is 1.23 bits per heavy atom. The van der Waals surface area contributed by atoms with Gasteiger partial charge in [-0.05, 0) is 42.0 Å². The highest BCUT2D eigenvalue weighted by Gasteiger charge is 2.15. The maximum Gasteiger partial charge on any atom is 0.337 e. The summed E-state index contributed by atoms with van der Waals surface area (Å²) in [5.41, 5.74) is 1.89. The van der Waals surface area contributed by atoms with Crippen molar-refractivity contribution < 1.29 is 13.9 Å². The second kappa shape index (κ2) is 5.73. The van der Waals surface area contributed by atoms with Crippen LogP contribution in [0.1, 0.15) is 10.4 Å². The molecule has 110 valence electrons. The number of carbonyl (C=O) groups is 1. The van der Waals surface area contributed by atoms with Crippen LogP contribution < -0.4 is 0 Å². The Morgan fingerprint density at radius 2 is 2.05 bits per heavy atom. The van der Waals surface area contributed by atoms with Gasteiger partial charge < -0.3 is 4.74 Å². The molecule has 0 saturated heterocycles. The molecule has 0 aliphatic rings. The molecule has 0 fully saturated rings. The largest absolute Gasteiger partial charge is 0.465 e. The zero-order chi connectivity index (χ0) is 15.7. The highest BCUT2D eigenvalue weighted by atomic mass is 35.5. The van der Waals surface area contributed by atoms with Crippen molar-refractivity contribution in [2.75, 3.05) is 7.11 Å². The number of rotatable bonds is 2. The average molecular weight is 316 g/mol. The van der Waals surface area contributed by atoms with Gasteiger partial charge in [-0.2, -0.15) is 0 Å². The van der Waals surface area contributed by atoms with E-state index in [1.165, 1.54) is 13.2 Å². The van der Waals surface area contributed by atoms with Gasteiger partial charge in [0.1, 0.15) is 5.82 Å². The zero-order valence-corrected chi connectivity index (χ0v) is 12.4. The van der Waals surface area contributed by atoms with Crippen LogP contribution in [0.5, 0.6) is 0 Å². The number of ether oxygens (including phenoxy) is 1. The van der Waals surface area contributed by atoms with Crippen LogP contribution in [0.25, 0.3) is 22.0 Å². The zero-order valence-electron chi connectivity index (χ0n) is 11.6. The number of hydrogen-bond acceptors (Lipinski definition) is 3. The van der Waals surface area contributed by atoms with Crippen molar-refractivity contribution in [1.82, 2.24) is 4.98 Å². The summed E-state index contributed by atoms with van der Waals surface area (Å²) in [5.74, 6) is -0.889. The SMILES string of the molecule is COC(=O)c1ccc2nccc(-c3c(F)cccc3Cl)c2c1. The molecule has 3 aromatic rings. The Morgan fingerprint density at radius 3 is 2.77 bits per heavy atom. The second-order valence-corrected chi connectivity index (χ2v) is 5.09. The molecule has 0 aliphatic carbocycles. The molecule has 1 aromatic heterocycles. The van der Waals surface area contributed by atoms with Crippen LogP contribution in [-0.4, -0.2) is 18.1 Å². The number of nitrogens with zero attached hydrogens (tertiary/aromatic N) is 1. The molecule has 0 aliphatic heterocycles. The summed E-state index contributed by atoms with van der Waals surface area (Å²) in [7, 11) is 1.31. The van der Waals surface area contributed by atoms with Crippen molar-refractivity contribution in [1.29, 1.82) is 0 Å². The summed E-state index contributed by atoms with van der Waals surface area (Å²) in [6.45, 7) is 0. The summed E-state index contributed by atoms with van der Waals surface area (Å²) in [6, 6.07) is 11.1. The summed E-state index contributed by atoms with van der Waals surface area (Å²) in [6.07, 6.45) is 1.58. The van der Waals surface area contributed by atoms with Gasteiger partial charge in [0, 0.05) is 17.1 Å². The van der Waals surface area contributed by atoms with Crippen LogP contribution >= 0.6 is 11.6 Å². The predicted octanol–water partition coefficient (Wildman–Crippen LogP) is 4.48. The third kappa shape index (κ3) is 2.42. The molecule has 3 rings (SSSR count). The van der Waals surface area contributed by atoms with Crippen molar-refractivity contribution in [3.8, 4) is 11.1 Å². The minimum Gasteiger partial charge on any atom is -0.465 e. The lowest BCUT2D eigenvalue weighted by Crippen LogP contribution is -2.01. The molecule has 0 amide bonds. The minimum atomic E-state index is -0.462. The molecule has 0 bridgehead atoms. The minimum absolute atomic E-state index is 0.290. The molecule has 3 nitrogen and oxygen atoms in total. The van der Waals surface area contributed by atoms with Gasteiger partial charge >= 0.3 is 5.97 Å². The molecule has 0 unspecified atom stereocenters. The lowest BCUT2D eigenvalue weighted by Gasteiger charge is -2.10. The molecule has 22 heavy (non-hydrogen) atoms. The number of carbonyl (C=O) groups excluding carboxylic acids is 1. The van der Waals surface area contributed by atoms with E-state index < -0.39 is 11.8 Å². The maximum absolute atomic E-state index is 14.2. The summed E-state index contributed by atoms with van der Waals surface area (Å²) in [5, 5.41) is 0.938. The Labute approximate surface area is 131 Å². The number of aromatic nitrogens is 1. The van der Waals surface area contributed by atoms with Crippen molar-refractivity contribution in [3.63, 3.8) is 0 Å². The number of methoxy groups -OCH3 is 1. The highest BCUT2D eigenvalue weighted by Crippen LogP contribution is 2.35. The molecular formula is C17H11ClFNO2. The van der Waals surface area contributed by atoms with Crippen molar-refractivity contribution in [2.45, 2.75) is 0 Å². The van der Waals surface area contributed by atoms with E-state index in [9.17, 15) is 9.18 Å². The van der Waals surface area contributed by atoms with Crippen LogP contribution in [0.3, 0.4) is 0 Å². The van der Waals surface area contributed by atoms with E-state index in [0.29, 0.717) is 32.6 Å². The number of benzene rings is 2. The first-order valence-corrected chi connectivity index (χ1v) is 6.91. The predicted molar refractivity (Wildman–Crippen MR) is 83.5 cm³/mol. The summed E-state index contributed by atoms with van der Waals surface area (Å²) >= 11 is 6.14. The lowest BCUT2D eigenvalue weighted by atomic mass is 9.99. The first kappa shape index (κ1) is 14.5. The first-order chi connectivity index (χ1) is 10.6. The third-order valence-corrected chi connectivity index (χ3v) is 3.71. The topological polar surface area (TPSA) is 39.2 Å². The lowest BCUT2D eigenvalue weighted by molar-refractivity contribution is 0.0601. The number of halogens is 2. The van der Waals surface area contributed by atoms with E-state index in [1.807, 2.05) is 0 Å². The van der Waals surface area contributed by atoms with Gasteiger partial charge in [0.05, 0.1) is 23.2 Å². The number of esters is 1.